The maximum absolute atomic E-state index is 13.3. The van der Waals surface area contributed by atoms with Gasteiger partial charge in [-0.25, -0.2) is 14.2 Å². The van der Waals surface area contributed by atoms with Crippen LogP contribution in [0.2, 0.25) is 0 Å². The molecular formula is C17H18FN3OS. The zero-order chi connectivity index (χ0) is 15.8. The Morgan fingerprint density at radius 2 is 2.22 bits per heavy atom. The van der Waals surface area contributed by atoms with Crippen molar-refractivity contribution >= 4 is 17.4 Å². The fourth-order valence-corrected chi connectivity index (χ4v) is 4.06. The Hall–Kier alpha value is -1.95. The van der Waals surface area contributed by atoms with Gasteiger partial charge < -0.3 is 10.6 Å². The molecule has 2 unspecified atom stereocenters. The van der Waals surface area contributed by atoms with Gasteiger partial charge in [-0.05, 0) is 54.9 Å². The summed E-state index contributed by atoms with van der Waals surface area (Å²) in [5.74, 6) is 0.281. The number of urea groups is 1. The molecule has 2 atom stereocenters. The quantitative estimate of drug-likeness (QED) is 0.897. The lowest BCUT2D eigenvalue weighted by molar-refractivity contribution is 0.231. The van der Waals surface area contributed by atoms with E-state index in [1.165, 1.54) is 6.07 Å². The third kappa shape index (κ3) is 3.08. The summed E-state index contributed by atoms with van der Waals surface area (Å²) in [5, 5.41) is 9.01. The molecule has 23 heavy (non-hydrogen) atoms. The zero-order valence-electron chi connectivity index (χ0n) is 12.6. The lowest BCUT2D eigenvalue weighted by atomic mass is 10.1. The normalized spacial score (nSPS) is 20.8. The summed E-state index contributed by atoms with van der Waals surface area (Å²) in [6.07, 6.45) is 5.66. The second kappa shape index (κ2) is 5.92. The van der Waals surface area contributed by atoms with E-state index < -0.39 is 0 Å². The third-order valence-corrected chi connectivity index (χ3v) is 5.44. The van der Waals surface area contributed by atoms with Crippen LogP contribution < -0.4 is 10.6 Å². The number of benzene rings is 1. The molecule has 0 radical (unpaired) electrons. The molecule has 1 saturated carbocycles. The lowest BCUT2D eigenvalue weighted by Gasteiger charge is -2.19. The molecule has 6 heteroatoms. The number of amides is 2. The molecule has 0 aliphatic heterocycles. The van der Waals surface area contributed by atoms with Gasteiger partial charge in [-0.3, -0.25) is 0 Å². The molecule has 2 aliphatic carbocycles. The summed E-state index contributed by atoms with van der Waals surface area (Å²) in [7, 11) is 0. The molecule has 4 nitrogen and oxygen atoms in total. The van der Waals surface area contributed by atoms with E-state index in [4.69, 9.17) is 0 Å². The average Bonchev–Trinajstić information content (AvgIpc) is 3.08. The summed E-state index contributed by atoms with van der Waals surface area (Å²) in [6.45, 7) is 0. The van der Waals surface area contributed by atoms with Crippen molar-refractivity contribution in [2.24, 2.45) is 5.92 Å². The summed E-state index contributed by atoms with van der Waals surface area (Å²) in [4.78, 5) is 16.7. The van der Waals surface area contributed by atoms with E-state index in [9.17, 15) is 9.18 Å². The number of nitrogens with one attached hydrogen (secondary N) is 2. The fourth-order valence-electron chi connectivity index (χ4n) is 3.28. The van der Waals surface area contributed by atoms with Gasteiger partial charge in [0.15, 0.2) is 0 Å². The minimum atomic E-state index is -0.216. The molecule has 1 fully saturated rings. The Morgan fingerprint density at radius 3 is 2.96 bits per heavy atom. The lowest BCUT2D eigenvalue weighted by Crippen LogP contribution is -2.40. The molecule has 0 bridgehead atoms. The second-order valence-corrected chi connectivity index (χ2v) is 7.16. The van der Waals surface area contributed by atoms with Crippen LogP contribution in [0.5, 0.6) is 0 Å². The Labute approximate surface area is 138 Å². The van der Waals surface area contributed by atoms with Gasteiger partial charge >= 0.3 is 6.03 Å². The minimum Gasteiger partial charge on any atom is -0.331 e. The maximum atomic E-state index is 13.3. The van der Waals surface area contributed by atoms with Gasteiger partial charge in [-0.1, -0.05) is 6.07 Å². The highest BCUT2D eigenvalue weighted by atomic mass is 32.1. The van der Waals surface area contributed by atoms with E-state index in [1.54, 1.807) is 29.7 Å². The first-order valence-electron chi connectivity index (χ1n) is 7.95. The highest BCUT2D eigenvalue weighted by Gasteiger charge is 2.35. The molecular weight excluding hydrogens is 313 g/mol. The molecule has 2 amide bonds. The molecule has 0 saturated heterocycles. The number of halogens is 1. The predicted octanol–water partition coefficient (Wildman–Crippen LogP) is 3.72. The van der Waals surface area contributed by atoms with Gasteiger partial charge in [0, 0.05) is 11.6 Å². The molecule has 1 heterocycles. The third-order valence-electron chi connectivity index (χ3n) is 4.59. The number of carbonyl (C=O) groups is 1. The number of thiazole rings is 1. The molecule has 2 N–H and O–H groups in total. The first-order chi connectivity index (χ1) is 11.2. The van der Waals surface area contributed by atoms with Crippen LogP contribution in [0.4, 0.5) is 9.18 Å². The highest BCUT2D eigenvalue weighted by Crippen LogP contribution is 2.41. The standard InChI is InChI=1S/C17H18FN3OS/c18-12-4-5-13-11(9-12)3-6-14(13)20-17(22)21-15(10-1-2-10)16-19-7-8-23-16/h4-5,7-10,14-15H,1-3,6H2,(H2,20,21,22). The Kier molecular flexibility index (Phi) is 3.77. The predicted molar refractivity (Wildman–Crippen MR) is 86.7 cm³/mol. The van der Waals surface area contributed by atoms with Gasteiger partial charge in [0.2, 0.25) is 0 Å². The molecule has 2 aromatic rings. The number of aryl methyl sites for hydroxylation is 1. The summed E-state index contributed by atoms with van der Waals surface area (Å²) in [6, 6.07) is 4.60. The minimum absolute atomic E-state index is 0.00379. The smallest absolute Gasteiger partial charge is 0.315 e. The van der Waals surface area contributed by atoms with Gasteiger partial charge in [0.05, 0.1) is 12.1 Å². The molecule has 2 aliphatic rings. The van der Waals surface area contributed by atoms with Gasteiger partial charge in [-0.15, -0.1) is 11.3 Å². The average molecular weight is 331 g/mol. The van der Waals surface area contributed by atoms with E-state index in [1.807, 2.05) is 5.38 Å². The summed E-state index contributed by atoms with van der Waals surface area (Å²) < 4.78 is 13.3. The van der Waals surface area contributed by atoms with E-state index >= 15 is 0 Å². The maximum Gasteiger partial charge on any atom is 0.315 e. The number of fused-ring (bicyclic) bond motifs is 1. The summed E-state index contributed by atoms with van der Waals surface area (Å²) in [5.41, 5.74) is 2.02. The van der Waals surface area contributed by atoms with Crippen molar-refractivity contribution in [3.8, 4) is 0 Å². The van der Waals surface area contributed by atoms with Crippen LogP contribution in [0, 0.1) is 11.7 Å². The molecule has 1 aromatic heterocycles. The SMILES string of the molecule is O=C(NC1CCc2cc(F)ccc21)NC(c1nccs1)C1CC1. The number of nitrogens with zero attached hydrogens (tertiary/aromatic N) is 1. The number of carbonyl (C=O) groups excluding carboxylic acids is 1. The van der Waals surface area contributed by atoms with Crippen LogP contribution in [0.3, 0.4) is 0 Å². The number of hydrogen-bond donors (Lipinski definition) is 2. The molecule has 1 aromatic carbocycles. The van der Waals surface area contributed by atoms with Crippen molar-refractivity contribution in [2.45, 2.75) is 37.8 Å². The number of hydrogen-bond acceptors (Lipinski definition) is 3. The van der Waals surface area contributed by atoms with Crippen molar-refractivity contribution in [2.75, 3.05) is 0 Å². The number of rotatable bonds is 4. The van der Waals surface area contributed by atoms with E-state index in [0.717, 1.165) is 41.8 Å². The molecule has 120 valence electrons. The van der Waals surface area contributed by atoms with Crippen molar-refractivity contribution in [3.05, 3.63) is 51.7 Å². The second-order valence-electron chi connectivity index (χ2n) is 6.24. The zero-order valence-corrected chi connectivity index (χ0v) is 13.4. The van der Waals surface area contributed by atoms with Crippen LogP contribution in [-0.2, 0) is 6.42 Å². The highest BCUT2D eigenvalue weighted by molar-refractivity contribution is 7.09. The van der Waals surface area contributed by atoms with Crippen LogP contribution >= 0.6 is 11.3 Å². The van der Waals surface area contributed by atoms with Crippen LogP contribution in [0.1, 0.15) is 47.5 Å². The Balaban J connectivity index is 1.43. The van der Waals surface area contributed by atoms with Crippen molar-refractivity contribution in [1.82, 2.24) is 15.6 Å². The van der Waals surface area contributed by atoms with Crippen LogP contribution in [0.25, 0.3) is 0 Å². The van der Waals surface area contributed by atoms with Crippen molar-refractivity contribution in [1.29, 1.82) is 0 Å². The van der Waals surface area contributed by atoms with Gasteiger partial charge in [0.25, 0.3) is 0 Å². The largest absolute Gasteiger partial charge is 0.331 e. The Bertz CT molecular complexity index is 715. The van der Waals surface area contributed by atoms with Gasteiger partial charge in [-0.2, -0.15) is 0 Å². The van der Waals surface area contributed by atoms with Crippen molar-refractivity contribution in [3.63, 3.8) is 0 Å². The first kappa shape index (κ1) is 14.6. The van der Waals surface area contributed by atoms with Crippen molar-refractivity contribution < 1.29 is 9.18 Å². The van der Waals surface area contributed by atoms with Gasteiger partial charge in [0.1, 0.15) is 10.8 Å². The molecule has 4 rings (SSSR count). The van der Waals surface area contributed by atoms with E-state index in [-0.39, 0.29) is 23.9 Å². The summed E-state index contributed by atoms with van der Waals surface area (Å²) >= 11 is 1.58. The number of aromatic nitrogens is 1. The topological polar surface area (TPSA) is 54.0 Å². The monoisotopic (exact) mass is 331 g/mol. The van der Waals surface area contributed by atoms with E-state index in [2.05, 4.69) is 15.6 Å². The molecule has 0 spiro atoms. The van der Waals surface area contributed by atoms with Crippen LogP contribution in [-0.4, -0.2) is 11.0 Å². The van der Waals surface area contributed by atoms with Crippen LogP contribution in [0.15, 0.2) is 29.8 Å². The van der Waals surface area contributed by atoms with E-state index in [0.29, 0.717) is 5.92 Å². The fraction of sp³-hybridized carbons (Fsp3) is 0.412. The first-order valence-corrected chi connectivity index (χ1v) is 8.83. The Morgan fingerprint density at radius 1 is 1.35 bits per heavy atom.